The van der Waals surface area contributed by atoms with E-state index >= 15 is 0 Å². The van der Waals surface area contributed by atoms with Gasteiger partial charge < -0.3 is 5.11 Å². The molecule has 1 fully saturated rings. The summed E-state index contributed by atoms with van der Waals surface area (Å²) in [5.41, 5.74) is 1.70. The van der Waals surface area contributed by atoms with E-state index in [1.807, 2.05) is 26.2 Å². The number of pyridine rings is 1. The van der Waals surface area contributed by atoms with Crippen LogP contribution in [0.25, 0.3) is 0 Å². The Hall–Kier alpha value is -1.42. The minimum absolute atomic E-state index is 0.602. The van der Waals surface area contributed by atoms with Crippen molar-refractivity contribution < 1.29 is 9.90 Å². The number of nitrogens with zero attached hydrogens (tertiary/aromatic N) is 2. The molecule has 0 amide bonds. The van der Waals surface area contributed by atoms with Gasteiger partial charge in [0.2, 0.25) is 0 Å². The number of carboxylic acid groups (broad SMARTS) is 1. The van der Waals surface area contributed by atoms with E-state index in [1.54, 1.807) is 0 Å². The molecule has 4 nitrogen and oxygen atoms in total. The highest BCUT2D eigenvalue weighted by Gasteiger charge is 2.37. The van der Waals surface area contributed by atoms with Crippen molar-refractivity contribution >= 4 is 5.97 Å². The fraction of sp³-hybridized carbons (Fsp3) is 0.571. The van der Waals surface area contributed by atoms with E-state index in [0.717, 1.165) is 37.1 Å². The number of rotatable bonds is 3. The molecule has 4 heteroatoms. The van der Waals surface area contributed by atoms with Gasteiger partial charge in [0.1, 0.15) is 0 Å². The Morgan fingerprint density at radius 2 is 2.33 bits per heavy atom. The van der Waals surface area contributed by atoms with Crippen molar-refractivity contribution in [2.24, 2.45) is 5.41 Å². The molecular weight excluding hydrogens is 228 g/mol. The first kappa shape index (κ1) is 13.0. The maximum absolute atomic E-state index is 11.3. The largest absolute Gasteiger partial charge is 0.481 e. The Morgan fingerprint density at radius 1 is 1.56 bits per heavy atom. The third-order valence-corrected chi connectivity index (χ3v) is 3.63. The van der Waals surface area contributed by atoms with Gasteiger partial charge in [-0.1, -0.05) is 6.07 Å². The average Bonchev–Trinajstić information content (AvgIpc) is 2.29. The predicted molar refractivity (Wildman–Crippen MR) is 69.2 cm³/mol. The van der Waals surface area contributed by atoms with Crippen LogP contribution in [0.4, 0.5) is 0 Å². The summed E-state index contributed by atoms with van der Waals surface area (Å²) >= 11 is 0. The molecular formula is C14H20N2O2. The van der Waals surface area contributed by atoms with Gasteiger partial charge in [0.05, 0.1) is 5.41 Å². The zero-order valence-electron chi connectivity index (χ0n) is 11.0. The molecule has 1 aliphatic rings. The van der Waals surface area contributed by atoms with E-state index in [-0.39, 0.29) is 0 Å². The summed E-state index contributed by atoms with van der Waals surface area (Å²) in [7, 11) is 0. The molecule has 1 aromatic rings. The first-order valence-electron chi connectivity index (χ1n) is 6.36. The topological polar surface area (TPSA) is 53.4 Å². The van der Waals surface area contributed by atoms with Gasteiger partial charge in [0.25, 0.3) is 0 Å². The summed E-state index contributed by atoms with van der Waals surface area (Å²) in [5.74, 6) is -0.686. The molecule has 2 heterocycles. The quantitative estimate of drug-likeness (QED) is 0.889. The van der Waals surface area contributed by atoms with Crippen LogP contribution < -0.4 is 0 Å². The fourth-order valence-corrected chi connectivity index (χ4v) is 2.62. The summed E-state index contributed by atoms with van der Waals surface area (Å²) in [5, 5.41) is 9.29. The molecule has 0 radical (unpaired) electrons. The van der Waals surface area contributed by atoms with E-state index in [1.165, 1.54) is 0 Å². The van der Waals surface area contributed by atoms with Gasteiger partial charge in [0, 0.05) is 25.5 Å². The number of carbonyl (C=O) groups is 1. The monoisotopic (exact) mass is 248 g/mol. The highest BCUT2D eigenvalue weighted by molar-refractivity contribution is 5.74. The maximum Gasteiger partial charge on any atom is 0.310 e. The lowest BCUT2D eigenvalue weighted by Crippen LogP contribution is -2.45. The lowest BCUT2D eigenvalue weighted by atomic mass is 9.82. The van der Waals surface area contributed by atoms with Crippen molar-refractivity contribution in [3.8, 4) is 0 Å². The second-order valence-corrected chi connectivity index (χ2v) is 5.55. The van der Waals surface area contributed by atoms with Crippen molar-refractivity contribution in [3.05, 3.63) is 29.6 Å². The molecule has 1 aromatic heterocycles. The first-order chi connectivity index (χ1) is 8.49. The van der Waals surface area contributed by atoms with Gasteiger partial charge in [-0.2, -0.15) is 0 Å². The van der Waals surface area contributed by atoms with Crippen LogP contribution in [0.1, 0.15) is 30.9 Å². The van der Waals surface area contributed by atoms with Crippen LogP contribution in [0.15, 0.2) is 18.5 Å². The van der Waals surface area contributed by atoms with Gasteiger partial charge in [-0.3, -0.25) is 14.7 Å². The first-order valence-corrected chi connectivity index (χ1v) is 6.36. The zero-order valence-corrected chi connectivity index (χ0v) is 11.0. The number of piperidine rings is 1. The van der Waals surface area contributed by atoms with Crippen molar-refractivity contribution in [2.75, 3.05) is 13.1 Å². The summed E-state index contributed by atoms with van der Waals surface area (Å²) in [4.78, 5) is 17.7. The molecule has 0 bridgehead atoms. The third kappa shape index (κ3) is 2.88. The van der Waals surface area contributed by atoms with E-state index in [0.29, 0.717) is 6.54 Å². The van der Waals surface area contributed by atoms with Crippen LogP contribution in [0.3, 0.4) is 0 Å². The molecule has 2 rings (SSSR count). The van der Waals surface area contributed by atoms with Gasteiger partial charge in [-0.15, -0.1) is 0 Å². The molecule has 1 N–H and O–H groups in total. The van der Waals surface area contributed by atoms with Crippen molar-refractivity contribution in [2.45, 2.75) is 33.2 Å². The summed E-state index contributed by atoms with van der Waals surface area (Å²) in [6.07, 6.45) is 5.41. The lowest BCUT2D eigenvalue weighted by Gasteiger charge is -2.37. The van der Waals surface area contributed by atoms with Crippen molar-refractivity contribution in [1.82, 2.24) is 9.88 Å². The Morgan fingerprint density at radius 3 is 3.00 bits per heavy atom. The summed E-state index contributed by atoms with van der Waals surface area (Å²) in [6.45, 7) is 6.24. The molecule has 18 heavy (non-hydrogen) atoms. The van der Waals surface area contributed by atoms with Crippen LogP contribution in [-0.4, -0.2) is 34.0 Å². The van der Waals surface area contributed by atoms with Gasteiger partial charge in [-0.05, 0) is 44.4 Å². The normalized spacial score (nSPS) is 25.0. The number of aryl methyl sites for hydroxylation is 1. The summed E-state index contributed by atoms with van der Waals surface area (Å²) < 4.78 is 0. The van der Waals surface area contributed by atoms with Crippen LogP contribution in [0.5, 0.6) is 0 Å². The number of hydrogen-bond donors (Lipinski definition) is 1. The number of aromatic nitrogens is 1. The second-order valence-electron chi connectivity index (χ2n) is 5.55. The number of likely N-dealkylation sites (tertiary alicyclic amines) is 1. The number of hydrogen-bond acceptors (Lipinski definition) is 3. The van der Waals surface area contributed by atoms with Gasteiger partial charge >= 0.3 is 5.97 Å². The van der Waals surface area contributed by atoms with E-state index in [9.17, 15) is 9.90 Å². The maximum atomic E-state index is 11.3. The SMILES string of the molecule is Cc1cncc(CN2CCCC(C)(C(=O)O)C2)c1. The molecule has 0 aliphatic carbocycles. The fourth-order valence-electron chi connectivity index (χ4n) is 2.62. The number of aliphatic carboxylic acids is 1. The van der Waals surface area contributed by atoms with Crippen molar-refractivity contribution in [1.29, 1.82) is 0 Å². The summed E-state index contributed by atoms with van der Waals surface area (Å²) in [6, 6.07) is 2.11. The lowest BCUT2D eigenvalue weighted by molar-refractivity contribution is -0.151. The molecule has 0 saturated carbocycles. The van der Waals surface area contributed by atoms with Crippen LogP contribution in [0, 0.1) is 12.3 Å². The molecule has 1 saturated heterocycles. The molecule has 0 spiro atoms. The van der Waals surface area contributed by atoms with Crippen molar-refractivity contribution in [3.63, 3.8) is 0 Å². The Bertz CT molecular complexity index is 447. The molecule has 98 valence electrons. The third-order valence-electron chi connectivity index (χ3n) is 3.63. The highest BCUT2D eigenvalue weighted by Crippen LogP contribution is 2.30. The molecule has 0 aromatic carbocycles. The van der Waals surface area contributed by atoms with Gasteiger partial charge in [-0.25, -0.2) is 0 Å². The molecule has 1 aliphatic heterocycles. The van der Waals surface area contributed by atoms with Gasteiger partial charge in [0.15, 0.2) is 0 Å². The standard InChI is InChI=1S/C14H20N2O2/c1-11-6-12(8-15-7-11)9-16-5-3-4-14(2,10-16)13(17)18/h6-8H,3-5,9-10H2,1-2H3,(H,17,18). The number of carboxylic acids is 1. The second kappa shape index (κ2) is 5.06. The Balaban J connectivity index is 2.04. The Labute approximate surface area is 108 Å². The Kier molecular flexibility index (Phi) is 3.66. The van der Waals surface area contributed by atoms with E-state index in [4.69, 9.17) is 0 Å². The smallest absolute Gasteiger partial charge is 0.310 e. The average molecular weight is 248 g/mol. The highest BCUT2D eigenvalue weighted by atomic mass is 16.4. The van der Waals surface area contributed by atoms with Crippen LogP contribution in [-0.2, 0) is 11.3 Å². The van der Waals surface area contributed by atoms with Crippen LogP contribution >= 0.6 is 0 Å². The molecule has 1 atom stereocenters. The molecule has 1 unspecified atom stereocenters. The minimum Gasteiger partial charge on any atom is -0.481 e. The van der Waals surface area contributed by atoms with E-state index < -0.39 is 11.4 Å². The minimum atomic E-state index is -0.686. The predicted octanol–water partition coefficient (Wildman–Crippen LogP) is 2.08. The zero-order chi connectivity index (χ0) is 13.2. The van der Waals surface area contributed by atoms with Crippen LogP contribution in [0.2, 0.25) is 0 Å². The van der Waals surface area contributed by atoms with E-state index in [2.05, 4.69) is 16.0 Å².